The molecule has 2 aromatic carbocycles. The summed E-state index contributed by atoms with van der Waals surface area (Å²) in [5.41, 5.74) is 1.16. The van der Waals surface area contributed by atoms with Crippen molar-refractivity contribution >= 4 is 24.0 Å². The van der Waals surface area contributed by atoms with Crippen LogP contribution in [0.2, 0.25) is 0 Å². The molecule has 0 N–H and O–H groups in total. The smallest absolute Gasteiger partial charge is 0.363 e. The van der Waals surface area contributed by atoms with Crippen molar-refractivity contribution in [2.24, 2.45) is 4.99 Å². The van der Waals surface area contributed by atoms with Gasteiger partial charge in [-0.15, -0.1) is 0 Å². The first-order chi connectivity index (χ1) is 11.7. The zero-order valence-electron chi connectivity index (χ0n) is 12.9. The molecule has 1 aliphatic rings. The van der Waals surface area contributed by atoms with E-state index < -0.39 is 11.8 Å². The van der Waals surface area contributed by atoms with E-state index in [1.165, 1.54) is 12.1 Å². The molecule has 0 saturated carbocycles. The molecule has 0 saturated heterocycles. The molecule has 0 radical (unpaired) electrons. The number of carbonyl (C=O) groups excluding carboxylic acids is 1. The third-order valence-corrected chi connectivity index (χ3v) is 3.38. The van der Waals surface area contributed by atoms with Crippen molar-refractivity contribution < 1.29 is 18.7 Å². The number of carbonyl (C=O) groups is 1. The number of methoxy groups -OCH3 is 1. The molecule has 2 aromatic rings. The molecule has 0 amide bonds. The molecule has 3 rings (SSSR count). The quantitative estimate of drug-likeness (QED) is 0.634. The number of esters is 1. The van der Waals surface area contributed by atoms with Gasteiger partial charge in [-0.3, -0.25) is 0 Å². The van der Waals surface area contributed by atoms with Crippen LogP contribution in [0.1, 0.15) is 11.1 Å². The number of rotatable bonds is 4. The maximum absolute atomic E-state index is 13.6. The van der Waals surface area contributed by atoms with E-state index in [1.54, 1.807) is 37.5 Å². The molecule has 1 heterocycles. The fourth-order valence-electron chi connectivity index (χ4n) is 2.20. The van der Waals surface area contributed by atoms with Gasteiger partial charge in [-0.25, -0.2) is 14.2 Å². The first kappa shape index (κ1) is 15.7. The molecule has 0 unspecified atom stereocenters. The molecule has 5 heteroatoms. The first-order valence-electron chi connectivity index (χ1n) is 7.25. The molecular formula is C19H14FNO3. The normalized spacial score (nSPS) is 15.7. The van der Waals surface area contributed by atoms with Crippen molar-refractivity contribution in [3.63, 3.8) is 0 Å². The van der Waals surface area contributed by atoms with E-state index in [4.69, 9.17) is 9.47 Å². The summed E-state index contributed by atoms with van der Waals surface area (Å²) in [5, 5.41) is 0. The number of hydrogen-bond acceptors (Lipinski definition) is 4. The van der Waals surface area contributed by atoms with Gasteiger partial charge in [0, 0.05) is 17.2 Å². The Bertz CT molecular complexity index is 868. The van der Waals surface area contributed by atoms with Crippen molar-refractivity contribution in [1.29, 1.82) is 0 Å². The van der Waals surface area contributed by atoms with Crippen LogP contribution in [-0.4, -0.2) is 19.0 Å². The highest BCUT2D eigenvalue weighted by Gasteiger charge is 2.21. The molecular weight excluding hydrogens is 309 g/mol. The summed E-state index contributed by atoms with van der Waals surface area (Å²) in [6.07, 6.45) is 4.66. The van der Waals surface area contributed by atoms with Gasteiger partial charge >= 0.3 is 5.97 Å². The van der Waals surface area contributed by atoms with Gasteiger partial charge in [0.15, 0.2) is 5.70 Å². The van der Waals surface area contributed by atoms with E-state index in [2.05, 4.69) is 4.99 Å². The van der Waals surface area contributed by atoms with Crippen LogP contribution in [0.3, 0.4) is 0 Å². The lowest BCUT2D eigenvalue weighted by molar-refractivity contribution is -0.129. The monoisotopic (exact) mass is 323 g/mol. The molecule has 0 atom stereocenters. The second-order valence-electron chi connectivity index (χ2n) is 4.97. The summed E-state index contributed by atoms with van der Waals surface area (Å²) < 4.78 is 24.0. The highest BCUT2D eigenvalue weighted by atomic mass is 19.1. The van der Waals surface area contributed by atoms with E-state index >= 15 is 0 Å². The largest absolute Gasteiger partial charge is 0.496 e. The van der Waals surface area contributed by atoms with Crippen LogP contribution in [0, 0.1) is 5.82 Å². The molecule has 4 nitrogen and oxygen atoms in total. The fraction of sp³-hybridized carbons (Fsp3) is 0.0526. The predicted octanol–water partition coefficient (Wildman–Crippen LogP) is 3.84. The maximum Gasteiger partial charge on any atom is 0.363 e. The number of para-hydroxylation sites is 1. The summed E-state index contributed by atoms with van der Waals surface area (Å²) in [5.74, 6) is -0.196. The summed E-state index contributed by atoms with van der Waals surface area (Å²) >= 11 is 0. The number of halogens is 1. The Morgan fingerprint density at radius 1 is 1.04 bits per heavy atom. The first-order valence-corrected chi connectivity index (χ1v) is 7.25. The number of benzene rings is 2. The Morgan fingerprint density at radius 3 is 2.50 bits per heavy atom. The molecule has 24 heavy (non-hydrogen) atoms. The Balaban J connectivity index is 1.84. The standard InChI is InChI=1S/C19H14FNO3/c1-23-17-9-5-3-6-13(17)10-11-18-21-16(19(22)24-18)12-14-7-2-4-8-15(14)20/h2-12H,1H3/b11-10+,16-12-. The zero-order chi connectivity index (χ0) is 16.9. The molecule has 1 aliphatic heterocycles. The maximum atomic E-state index is 13.6. The van der Waals surface area contributed by atoms with Gasteiger partial charge in [0.2, 0.25) is 5.90 Å². The minimum absolute atomic E-state index is 0.0553. The van der Waals surface area contributed by atoms with Crippen LogP contribution in [0.4, 0.5) is 4.39 Å². The summed E-state index contributed by atoms with van der Waals surface area (Å²) in [6.45, 7) is 0. The predicted molar refractivity (Wildman–Crippen MR) is 89.9 cm³/mol. The topological polar surface area (TPSA) is 47.9 Å². The molecule has 0 bridgehead atoms. The second kappa shape index (κ2) is 6.91. The molecule has 120 valence electrons. The van der Waals surface area contributed by atoms with Gasteiger partial charge in [0.05, 0.1) is 7.11 Å². The fourth-order valence-corrected chi connectivity index (χ4v) is 2.20. The second-order valence-corrected chi connectivity index (χ2v) is 4.97. The summed E-state index contributed by atoms with van der Waals surface area (Å²) in [7, 11) is 1.58. The Kier molecular flexibility index (Phi) is 4.52. The van der Waals surface area contributed by atoms with Crippen molar-refractivity contribution in [1.82, 2.24) is 0 Å². The van der Waals surface area contributed by atoms with E-state index in [0.717, 1.165) is 5.56 Å². The molecule has 0 aromatic heterocycles. The van der Waals surface area contributed by atoms with E-state index in [-0.39, 0.29) is 17.2 Å². The summed E-state index contributed by atoms with van der Waals surface area (Å²) in [4.78, 5) is 15.9. The van der Waals surface area contributed by atoms with Gasteiger partial charge < -0.3 is 9.47 Å². The number of aliphatic imine (C=N–C) groups is 1. The average Bonchev–Trinajstić information content (AvgIpc) is 2.95. The van der Waals surface area contributed by atoms with Crippen LogP contribution in [-0.2, 0) is 9.53 Å². The van der Waals surface area contributed by atoms with Crippen molar-refractivity contribution in [2.45, 2.75) is 0 Å². The number of cyclic esters (lactones) is 1. The molecule has 0 fully saturated rings. The van der Waals surface area contributed by atoms with E-state index in [0.29, 0.717) is 5.75 Å². The zero-order valence-corrected chi connectivity index (χ0v) is 12.9. The minimum Gasteiger partial charge on any atom is -0.496 e. The minimum atomic E-state index is -0.613. The highest BCUT2D eigenvalue weighted by Crippen LogP contribution is 2.21. The Morgan fingerprint density at radius 2 is 1.75 bits per heavy atom. The SMILES string of the molecule is COc1ccccc1/C=C/C1=NC(=C\c2ccccc2F)/C(=O)O1. The lowest BCUT2D eigenvalue weighted by atomic mass is 10.2. The van der Waals surface area contributed by atoms with Crippen molar-refractivity contribution in [3.8, 4) is 5.75 Å². The number of ether oxygens (including phenoxy) is 2. The van der Waals surface area contributed by atoms with Crippen molar-refractivity contribution in [2.75, 3.05) is 7.11 Å². The number of hydrogen-bond donors (Lipinski definition) is 0. The van der Waals surface area contributed by atoms with Crippen molar-refractivity contribution in [3.05, 3.63) is 77.2 Å². The third-order valence-electron chi connectivity index (χ3n) is 3.38. The van der Waals surface area contributed by atoms with Gasteiger partial charge in [0.25, 0.3) is 0 Å². The lowest BCUT2D eigenvalue weighted by Gasteiger charge is -2.02. The van der Waals surface area contributed by atoms with E-state index in [9.17, 15) is 9.18 Å². The van der Waals surface area contributed by atoms with Gasteiger partial charge in [0.1, 0.15) is 11.6 Å². The van der Waals surface area contributed by atoms with Crippen LogP contribution in [0.15, 0.2) is 65.3 Å². The average molecular weight is 323 g/mol. The molecule has 0 aliphatic carbocycles. The lowest BCUT2D eigenvalue weighted by Crippen LogP contribution is -2.01. The van der Waals surface area contributed by atoms with Gasteiger partial charge in [-0.05, 0) is 24.3 Å². The third kappa shape index (κ3) is 3.41. The summed E-state index contributed by atoms with van der Waals surface area (Å²) in [6, 6.07) is 13.6. The van der Waals surface area contributed by atoms with Crippen LogP contribution >= 0.6 is 0 Å². The Labute approximate surface area is 138 Å². The van der Waals surface area contributed by atoms with Crippen LogP contribution < -0.4 is 4.74 Å². The van der Waals surface area contributed by atoms with E-state index in [1.807, 2.05) is 24.3 Å². The van der Waals surface area contributed by atoms with Crippen LogP contribution in [0.25, 0.3) is 12.2 Å². The molecule has 0 spiro atoms. The van der Waals surface area contributed by atoms with Gasteiger partial charge in [-0.1, -0.05) is 36.4 Å². The van der Waals surface area contributed by atoms with Crippen LogP contribution in [0.5, 0.6) is 5.75 Å². The number of nitrogens with zero attached hydrogens (tertiary/aromatic N) is 1. The Hall–Kier alpha value is -3.21. The highest BCUT2D eigenvalue weighted by molar-refractivity contribution is 6.11. The van der Waals surface area contributed by atoms with Gasteiger partial charge in [-0.2, -0.15) is 0 Å².